The molecule has 2 aromatic heterocycles. The molecule has 0 amide bonds. The van der Waals surface area contributed by atoms with Crippen molar-refractivity contribution in [3.05, 3.63) is 145 Å². The molecule has 0 saturated heterocycles. The third-order valence-corrected chi connectivity index (χ3v) is 8.10. The quantitative estimate of drug-likeness (QED) is 0.231. The minimum Gasteiger partial charge on any atom is -0.456 e. The third kappa shape index (κ3) is 3.81. The van der Waals surface area contributed by atoms with Crippen molar-refractivity contribution in [2.45, 2.75) is 6.42 Å². The van der Waals surface area contributed by atoms with Crippen molar-refractivity contribution in [2.24, 2.45) is 0 Å². The van der Waals surface area contributed by atoms with Crippen molar-refractivity contribution in [3.8, 4) is 17.2 Å². The molecule has 0 fully saturated rings. The van der Waals surface area contributed by atoms with Gasteiger partial charge in [-0.05, 0) is 76.9 Å². The Balaban J connectivity index is 1.23. The third-order valence-electron chi connectivity index (χ3n) is 8.10. The molecule has 7 aromatic rings. The van der Waals surface area contributed by atoms with Crippen molar-refractivity contribution in [2.75, 3.05) is 0 Å². The Labute approximate surface area is 237 Å². The van der Waals surface area contributed by atoms with Crippen LogP contribution in [-0.4, -0.2) is 4.57 Å². The highest BCUT2D eigenvalue weighted by Gasteiger charge is 2.17. The Morgan fingerprint density at radius 2 is 1.22 bits per heavy atom. The molecule has 0 atom stereocenters. The van der Waals surface area contributed by atoms with Gasteiger partial charge in [-0.3, -0.25) is 0 Å². The largest absolute Gasteiger partial charge is 0.456 e. The molecule has 0 radical (unpaired) electrons. The SMILES string of the molecule is N#Cc1cccc(-c2ccc3oc4ccc(C5=CC=CC=C(n6c7ccccc7c7ccccc76)C5)cc4c3c2)c1. The molecule has 0 bridgehead atoms. The average molecular weight is 525 g/mol. The average Bonchev–Trinajstić information content (AvgIpc) is 3.45. The zero-order valence-corrected chi connectivity index (χ0v) is 22.2. The van der Waals surface area contributed by atoms with Gasteiger partial charge in [0, 0.05) is 33.7 Å². The van der Waals surface area contributed by atoms with E-state index in [9.17, 15) is 5.26 Å². The topological polar surface area (TPSA) is 41.9 Å². The highest BCUT2D eigenvalue weighted by atomic mass is 16.3. The van der Waals surface area contributed by atoms with Gasteiger partial charge >= 0.3 is 0 Å². The number of rotatable bonds is 3. The van der Waals surface area contributed by atoms with E-state index in [1.165, 1.54) is 38.6 Å². The molecular weight excluding hydrogens is 500 g/mol. The lowest BCUT2D eigenvalue weighted by atomic mass is 9.97. The molecular formula is C38H24N2O. The molecule has 0 N–H and O–H groups in total. The summed E-state index contributed by atoms with van der Waals surface area (Å²) in [4.78, 5) is 0. The summed E-state index contributed by atoms with van der Waals surface area (Å²) in [5.41, 5.74) is 10.6. The minimum atomic E-state index is 0.655. The van der Waals surface area contributed by atoms with E-state index in [1.807, 2.05) is 30.3 Å². The monoisotopic (exact) mass is 524 g/mol. The molecule has 3 heteroatoms. The molecule has 41 heavy (non-hydrogen) atoms. The van der Waals surface area contributed by atoms with Crippen LogP contribution in [0.1, 0.15) is 17.5 Å². The summed E-state index contributed by atoms with van der Waals surface area (Å²) >= 11 is 0. The number of aromatic nitrogens is 1. The number of nitrogens with zero attached hydrogens (tertiary/aromatic N) is 2. The fourth-order valence-electron chi connectivity index (χ4n) is 6.16. The van der Waals surface area contributed by atoms with Crippen LogP contribution in [0.4, 0.5) is 0 Å². The first kappa shape index (κ1) is 23.3. The molecule has 0 unspecified atom stereocenters. The summed E-state index contributed by atoms with van der Waals surface area (Å²) in [6.45, 7) is 0. The standard InChI is InChI=1S/C38H24N2O/c39-24-25-8-7-10-26(20-25)28-16-18-37-33(22-28)34-23-29(17-19-38(34)41-37)27-9-1-2-11-30(21-27)40-35-14-5-3-12-31(35)32-13-4-6-15-36(32)40/h1-20,22-23H,21H2. The van der Waals surface area contributed by atoms with Gasteiger partial charge in [0.15, 0.2) is 0 Å². The van der Waals surface area contributed by atoms with Crippen molar-refractivity contribution in [1.29, 1.82) is 5.26 Å². The lowest BCUT2D eigenvalue weighted by molar-refractivity contribution is 0.669. The van der Waals surface area contributed by atoms with Crippen LogP contribution in [0.25, 0.3) is 66.1 Å². The Morgan fingerprint density at radius 3 is 1.95 bits per heavy atom. The molecule has 3 nitrogen and oxygen atoms in total. The molecule has 1 aliphatic carbocycles. The van der Waals surface area contributed by atoms with Crippen LogP contribution in [0, 0.1) is 11.3 Å². The zero-order chi connectivity index (χ0) is 27.3. The maximum absolute atomic E-state index is 9.37. The molecule has 8 rings (SSSR count). The van der Waals surface area contributed by atoms with Crippen molar-refractivity contribution < 1.29 is 4.42 Å². The van der Waals surface area contributed by atoms with E-state index < -0.39 is 0 Å². The molecule has 5 aromatic carbocycles. The molecule has 0 saturated carbocycles. The maximum atomic E-state index is 9.37. The van der Waals surface area contributed by atoms with Gasteiger partial charge in [0.1, 0.15) is 11.2 Å². The van der Waals surface area contributed by atoms with E-state index in [-0.39, 0.29) is 0 Å². The first-order chi connectivity index (χ1) is 20.3. The first-order valence-corrected chi connectivity index (χ1v) is 13.8. The predicted molar refractivity (Wildman–Crippen MR) is 169 cm³/mol. The van der Waals surface area contributed by atoms with Crippen LogP contribution >= 0.6 is 0 Å². The van der Waals surface area contributed by atoms with Gasteiger partial charge in [0.25, 0.3) is 0 Å². The van der Waals surface area contributed by atoms with Gasteiger partial charge in [-0.25, -0.2) is 0 Å². The molecule has 2 heterocycles. The number of benzene rings is 5. The van der Waals surface area contributed by atoms with E-state index in [1.54, 1.807) is 0 Å². The second-order valence-electron chi connectivity index (χ2n) is 10.5. The van der Waals surface area contributed by atoms with Gasteiger partial charge in [0.2, 0.25) is 0 Å². The van der Waals surface area contributed by atoms with Crippen LogP contribution in [0.3, 0.4) is 0 Å². The number of fused-ring (bicyclic) bond motifs is 6. The van der Waals surface area contributed by atoms with Crippen LogP contribution in [0.2, 0.25) is 0 Å². The summed E-state index contributed by atoms with van der Waals surface area (Å²) in [7, 11) is 0. The molecule has 1 aliphatic rings. The van der Waals surface area contributed by atoms with Crippen molar-refractivity contribution in [3.63, 3.8) is 0 Å². The zero-order valence-electron chi connectivity index (χ0n) is 22.2. The second-order valence-corrected chi connectivity index (χ2v) is 10.5. The number of hydrogen-bond donors (Lipinski definition) is 0. The first-order valence-electron chi connectivity index (χ1n) is 13.8. The number of para-hydroxylation sites is 2. The van der Waals surface area contributed by atoms with Crippen LogP contribution in [0.5, 0.6) is 0 Å². The van der Waals surface area contributed by atoms with E-state index in [2.05, 4.69) is 114 Å². The Kier molecular flexibility index (Phi) is 5.26. The molecule has 0 spiro atoms. The van der Waals surface area contributed by atoms with E-state index in [0.29, 0.717) is 5.56 Å². The predicted octanol–water partition coefficient (Wildman–Crippen LogP) is 10.1. The summed E-state index contributed by atoms with van der Waals surface area (Å²) in [5, 5.41) is 14.1. The summed E-state index contributed by atoms with van der Waals surface area (Å²) < 4.78 is 8.63. The van der Waals surface area contributed by atoms with Crippen LogP contribution in [-0.2, 0) is 0 Å². The van der Waals surface area contributed by atoms with Gasteiger partial charge < -0.3 is 8.98 Å². The highest BCUT2D eigenvalue weighted by Crippen LogP contribution is 2.38. The fraction of sp³-hybridized carbons (Fsp3) is 0.0263. The number of furan rings is 1. The summed E-state index contributed by atoms with van der Waals surface area (Å²) in [6.07, 6.45) is 9.52. The number of allylic oxidation sites excluding steroid dienone is 6. The normalized spacial score (nSPS) is 13.4. The molecule has 0 aliphatic heterocycles. The Hall–Kier alpha value is -5.59. The Bertz CT molecular complexity index is 2250. The second kappa shape index (κ2) is 9.26. The highest BCUT2D eigenvalue weighted by molar-refractivity contribution is 6.11. The summed E-state index contributed by atoms with van der Waals surface area (Å²) in [5.74, 6) is 0. The van der Waals surface area contributed by atoms with E-state index in [4.69, 9.17) is 4.42 Å². The van der Waals surface area contributed by atoms with E-state index in [0.717, 1.165) is 39.5 Å². The van der Waals surface area contributed by atoms with Gasteiger partial charge in [0.05, 0.1) is 22.7 Å². The van der Waals surface area contributed by atoms with Gasteiger partial charge in [-0.15, -0.1) is 0 Å². The van der Waals surface area contributed by atoms with Crippen molar-refractivity contribution >= 4 is 55.0 Å². The lowest BCUT2D eigenvalue weighted by Crippen LogP contribution is -1.98. The van der Waals surface area contributed by atoms with Gasteiger partial charge in [-0.1, -0.05) is 78.9 Å². The summed E-state index contributed by atoms with van der Waals surface area (Å²) in [6, 6.07) is 40.0. The number of hydrogen-bond acceptors (Lipinski definition) is 2. The van der Waals surface area contributed by atoms with Crippen LogP contribution < -0.4 is 0 Å². The smallest absolute Gasteiger partial charge is 0.135 e. The number of nitriles is 1. The maximum Gasteiger partial charge on any atom is 0.135 e. The molecule has 192 valence electrons. The fourth-order valence-corrected chi connectivity index (χ4v) is 6.16. The van der Waals surface area contributed by atoms with Crippen molar-refractivity contribution in [1.82, 2.24) is 4.57 Å². The van der Waals surface area contributed by atoms with Gasteiger partial charge in [-0.2, -0.15) is 5.26 Å². The lowest BCUT2D eigenvalue weighted by Gasteiger charge is -2.14. The van der Waals surface area contributed by atoms with E-state index >= 15 is 0 Å². The Morgan fingerprint density at radius 1 is 0.585 bits per heavy atom. The minimum absolute atomic E-state index is 0.655. The van der Waals surface area contributed by atoms with Crippen LogP contribution in [0.15, 0.2) is 138 Å².